The molecule has 78 valence electrons. The lowest BCUT2D eigenvalue weighted by Gasteiger charge is -2.09. The second-order valence-corrected chi connectivity index (χ2v) is 3.33. The summed E-state index contributed by atoms with van der Waals surface area (Å²) in [6.45, 7) is 1.83. The lowest BCUT2D eigenvalue weighted by Crippen LogP contribution is -2.12. The molecule has 1 N–H and O–H groups in total. The zero-order valence-corrected chi connectivity index (χ0v) is 8.30. The van der Waals surface area contributed by atoms with Crippen LogP contribution >= 0.6 is 0 Å². The third kappa shape index (κ3) is 1.58. The molecule has 4 heteroatoms. The van der Waals surface area contributed by atoms with Crippen molar-refractivity contribution in [3.8, 4) is 0 Å². The maximum Gasteiger partial charge on any atom is 0.312 e. The Kier molecular flexibility index (Phi) is 2.41. The first-order chi connectivity index (χ1) is 7.24. The Balaban J connectivity index is 2.59. The number of aromatic nitrogens is 1. The van der Waals surface area contributed by atoms with Crippen LogP contribution in [0.15, 0.2) is 29.0 Å². The van der Waals surface area contributed by atoms with Crippen molar-refractivity contribution in [2.24, 2.45) is 0 Å². The Morgan fingerprint density at radius 2 is 2.40 bits per heavy atom. The largest absolute Gasteiger partial charge is 0.481 e. The Labute approximate surface area is 86.5 Å². The van der Waals surface area contributed by atoms with E-state index in [0.29, 0.717) is 17.7 Å². The number of pyridine rings is 1. The van der Waals surface area contributed by atoms with Gasteiger partial charge in [0.25, 0.3) is 0 Å². The minimum Gasteiger partial charge on any atom is -0.481 e. The number of rotatable bonds is 3. The van der Waals surface area contributed by atoms with Crippen LogP contribution in [0, 0.1) is 0 Å². The molecule has 0 amide bonds. The van der Waals surface area contributed by atoms with Crippen LogP contribution in [0.1, 0.15) is 25.0 Å². The van der Waals surface area contributed by atoms with Gasteiger partial charge in [-0.1, -0.05) is 6.92 Å². The molecule has 0 aliphatic rings. The van der Waals surface area contributed by atoms with E-state index in [0.717, 1.165) is 5.39 Å². The van der Waals surface area contributed by atoms with Gasteiger partial charge in [0.2, 0.25) is 0 Å². The Hall–Kier alpha value is -1.84. The van der Waals surface area contributed by atoms with Crippen LogP contribution in [0.2, 0.25) is 0 Å². The topological polar surface area (TPSA) is 63.3 Å². The van der Waals surface area contributed by atoms with Gasteiger partial charge in [-0.3, -0.25) is 9.78 Å². The van der Waals surface area contributed by atoms with Gasteiger partial charge >= 0.3 is 5.97 Å². The van der Waals surface area contributed by atoms with E-state index in [4.69, 9.17) is 9.52 Å². The fourth-order valence-electron chi connectivity index (χ4n) is 1.68. The van der Waals surface area contributed by atoms with Crippen molar-refractivity contribution in [3.05, 3.63) is 30.3 Å². The fourth-order valence-corrected chi connectivity index (χ4v) is 1.68. The van der Waals surface area contributed by atoms with Crippen molar-refractivity contribution in [1.29, 1.82) is 0 Å². The number of carboxylic acids is 1. The Morgan fingerprint density at radius 1 is 1.60 bits per heavy atom. The highest BCUT2D eigenvalue weighted by Crippen LogP contribution is 2.26. The predicted molar refractivity (Wildman–Crippen MR) is 54.7 cm³/mol. The number of nitrogens with zero attached hydrogens (tertiary/aromatic N) is 1. The number of hydrogen-bond donors (Lipinski definition) is 1. The van der Waals surface area contributed by atoms with Gasteiger partial charge in [-0.2, -0.15) is 0 Å². The number of fused-ring (bicyclic) bond motifs is 1. The van der Waals surface area contributed by atoms with Gasteiger partial charge < -0.3 is 9.52 Å². The summed E-state index contributed by atoms with van der Waals surface area (Å²) >= 11 is 0. The molecule has 2 heterocycles. The first kappa shape index (κ1) is 9.71. The monoisotopic (exact) mass is 205 g/mol. The van der Waals surface area contributed by atoms with Gasteiger partial charge in [-0.15, -0.1) is 0 Å². The number of carboxylic acid groups (broad SMARTS) is 1. The molecule has 0 aliphatic carbocycles. The molecule has 0 bridgehead atoms. The third-order valence-corrected chi connectivity index (χ3v) is 2.45. The van der Waals surface area contributed by atoms with E-state index < -0.39 is 11.9 Å². The maximum absolute atomic E-state index is 11.0. The maximum atomic E-state index is 11.0. The Morgan fingerprint density at radius 3 is 3.07 bits per heavy atom. The molecule has 0 aromatic carbocycles. The van der Waals surface area contributed by atoms with Crippen molar-refractivity contribution in [2.45, 2.75) is 19.3 Å². The quantitative estimate of drug-likeness (QED) is 0.835. The molecule has 0 radical (unpaired) electrons. The van der Waals surface area contributed by atoms with E-state index in [1.165, 1.54) is 0 Å². The van der Waals surface area contributed by atoms with E-state index in [9.17, 15) is 4.79 Å². The van der Waals surface area contributed by atoms with Crippen LogP contribution in [-0.2, 0) is 4.79 Å². The summed E-state index contributed by atoms with van der Waals surface area (Å²) < 4.78 is 5.20. The second kappa shape index (κ2) is 3.73. The summed E-state index contributed by atoms with van der Waals surface area (Å²) in [5.41, 5.74) is 1.26. The van der Waals surface area contributed by atoms with Gasteiger partial charge in [-0.05, 0) is 18.6 Å². The normalized spacial score (nSPS) is 12.9. The van der Waals surface area contributed by atoms with Crippen LogP contribution in [0.3, 0.4) is 0 Å². The van der Waals surface area contributed by atoms with Crippen molar-refractivity contribution in [2.75, 3.05) is 0 Å². The standard InChI is InChI=1S/C11H11NO3/c1-2-7(11(13)14)10-8-4-6-15-9(8)3-5-12-10/h3-7H,2H2,1H3,(H,13,14). The second-order valence-electron chi connectivity index (χ2n) is 3.33. The minimum absolute atomic E-state index is 0.520. The smallest absolute Gasteiger partial charge is 0.312 e. The lowest BCUT2D eigenvalue weighted by atomic mass is 9.99. The molecule has 0 saturated carbocycles. The Bertz CT molecular complexity index is 489. The molecule has 1 unspecified atom stereocenters. The van der Waals surface area contributed by atoms with Crippen molar-refractivity contribution >= 4 is 16.9 Å². The van der Waals surface area contributed by atoms with Crippen LogP contribution in [0.4, 0.5) is 0 Å². The zero-order chi connectivity index (χ0) is 10.8. The van der Waals surface area contributed by atoms with Crippen LogP contribution in [-0.4, -0.2) is 16.1 Å². The van der Waals surface area contributed by atoms with Crippen LogP contribution < -0.4 is 0 Å². The summed E-state index contributed by atoms with van der Waals surface area (Å²) in [6.07, 6.45) is 3.64. The highest BCUT2D eigenvalue weighted by atomic mass is 16.4. The van der Waals surface area contributed by atoms with E-state index in [1.807, 2.05) is 6.92 Å². The summed E-state index contributed by atoms with van der Waals surface area (Å²) in [7, 11) is 0. The molecular weight excluding hydrogens is 194 g/mol. The minimum atomic E-state index is -0.848. The molecule has 0 saturated heterocycles. The molecule has 15 heavy (non-hydrogen) atoms. The lowest BCUT2D eigenvalue weighted by molar-refractivity contribution is -0.138. The molecule has 0 aliphatic heterocycles. The van der Waals surface area contributed by atoms with Gasteiger partial charge in [0, 0.05) is 11.6 Å². The summed E-state index contributed by atoms with van der Waals surface area (Å²) in [4.78, 5) is 15.2. The van der Waals surface area contributed by atoms with E-state index in [2.05, 4.69) is 4.98 Å². The van der Waals surface area contributed by atoms with Gasteiger partial charge in [-0.25, -0.2) is 0 Å². The average molecular weight is 205 g/mol. The van der Waals surface area contributed by atoms with Crippen LogP contribution in [0.5, 0.6) is 0 Å². The molecule has 0 spiro atoms. The molecular formula is C11H11NO3. The highest BCUT2D eigenvalue weighted by molar-refractivity contribution is 5.86. The third-order valence-electron chi connectivity index (χ3n) is 2.45. The van der Waals surface area contributed by atoms with Crippen molar-refractivity contribution < 1.29 is 14.3 Å². The van der Waals surface area contributed by atoms with E-state index >= 15 is 0 Å². The molecule has 2 aromatic heterocycles. The van der Waals surface area contributed by atoms with Crippen molar-refractivity contribution in [3.63, 3.8) is 0 Å². The first-order valence-corrected chi connectivity index (χ1v) is 4.79. The van der Waals surface area contributed by atoms with Gasteiger partial charge in [0.1, 0.15) is 5.58 Å². The number of carbonyl (C=O) groups is 1. The van der Waals surface area contributed by atoms with Crippen molar-refractivity contribution in [1.82, 2.24) is 4.98 Å². The summed E-state index contributed by atoms with van der Waals surface area (Å²) in [5, 5.41) is 9.84. The van der Waals surface area contributed by atoms with Gasteiger partial charge in [0.05, 0.1) is 17.9 Å². The molecule has 2 rings (SSSR count). The molecule has 4 nitrogen and oxygen atoms in total. The molecule has 2 aromatic rings. The zero-order valence-electron chi connectivity index (χ0n) is 8.30. The first-order valence-electron chi connectivity index (χ1n) is 4.79. The predicted octanol–water partition coefficient (Wildman–Crippen LogP) is 2.41. The van der Waals surface area contributed by atoms with E-state index in [1.54, 1.807) is 24.6 Å². The van der Waals surface area contributed by atoms with Gasteiger partial charge in [0.15, 0.2) is 0 Å². The van der Waals surface area contributed by atoms with Crippen LogP contribution in [0.25, 0.3) is 11.0 Å². The number of aliphatic carboxylic acids is 1. The SMILES string of the molecule is CCC(C(=O)O)c1nccc2occc12. The summed E-state index contributed by atoms with van der Waals surface area (Å²) in [6, 6.07) is 3.48. The summed E-state index contributed by atoms with van der Waals surface area (Å²) in [5.74, 6) is -1.41. The highest BCUT2D eigenvalue weighted by Gasteiger charge is 2.21. The molecule has 1 atom stereocenters. The molecule has 0 fully saturated rings. The number of furan rings is 1. The fraction of sp³-hybridized carbons (Fsp3) is 0.273. The average Bonchev–Trinajstić information content (AvgIpc) is 2.66. The van der Waals surface area contributed by atoms with E-state index in [-0.39, 0.29) is 0 Å². The number of hydrogen-bond acceptors (Lipinski definition) is 3.